The summed E-state index contributed by atoms with van der Waals surface area (Å²) in [6.45, 7) is 10.7. The Morgan fingerprint density at radius 1 is 0.560 bits per heavy atom. The topological polar surface area (TPSA) is 69.2 Å². The van der Waals surface area contributed by atoms with Crippen LogP contribution in [0.3, 0.4) is 0 Å². The third kappa shape index (κ3) is 8.65. The number of benzene rings is 2. The lowest BCUT2D eigenvalue weighted by Crippen LogP contribution is -2.29. The molecule has 266 valence electrons. The van der Waals surface area contributed by atoms with Crippen molar-refractivity contribution in [2.45, 2.75) is 78.7 Å². The molecule has 4 heterocycles. The molecule has 2 aliphatic rings. The number of piperidine rings is 2. The van der Waals surface area contributed by atoms with Gasteiger partial charge < -0.3 is 18.9 Å². The highest BCUT2D eigenvalue weighted by Gasteiger charge is 2.20. The standard InChI is InChI=1S/C40H48Cl2N4O4/c1-27-29(25-49-39-35(41)21-31(37(43-39)47-3)23-45-17-7-5-8-18-45)13-11-15-33(27)34-16-12-14-30(28(34)2)26-50-40-36(42)22-32(38(44-40)48-4)24-46-19-9-6-10-20-46/h11-16,21-22H,5-10,17-20,23-26H2,1-4H3. The molecule has 6 rings (SSSR count). The zero-order chi connectivity index (χ0) is 35.0. The van der Waals surface area contributed by atoms with E-state index in [1.54, 1.807) is 14.2 Å². The molecule has 2 aromatic heterocycles. The van der Waals surface area contributed by atoms with Crippen molar-refractivity contribution in [3.8, 4) is 34.6 Å². The van der Waals surface area contributed by atoms with Crippen LogP contribution in [0.1, 0.15) is 71.9 Å². The second-order valence-electron chi connectivity index (χ2n) is 13.3. The van der Waals surface area contributed by atoms with Crippen molar-refractivity contribution in [2.24, 2.45) is 0 Å². The zero-order valence-corrected chi connectivity index (χ0v) is 31.2. The zero-order valence-electron chi connectivity index (χ0n) is 29.7. The second-order valence-corrected chi connectivity index (χ2v) is 14.1. The molecule has 2 aromatic carbocycles. The summed E-state index contributed by atoms with van der Waals surface area (Å²) in [5.74, 6) is 1.85. The summed E-state index contributed by atoms with van der Waals surface area (Å²) < 4.78 is 23.7. The molecule has 10 heteroatoms. The van der Waals surface area contributed by atoms with Crippen molar-refractivity contribution in [1.82, 2.24) is 19.8 Å². The molecule has 4 aromatic rings. The molecule has 2 saturated heterocycles. The molecule has 0 amide bonds. The van der Waals surface area contributed by atoms with Crippen molar-refractivity contribution in [3.05, 3.63) is 92.0 Å². The van der Waals surface area contributed by atoms with Crippen LogP contribution in [0, 0.1) is 13.8 Å². The van der Waals surface area contributed by atoms with Crippen molar-refractivity contribution in [1.29, 1.82) is 0 Å². The molecule has 0 saturated carbocycles. The van der Waals surface area contributed by atoms with Gasteiger partial charge in [-0.3, -0.25) is 9.80 Å². The first-order chi connectivity index (χ1) is 24.3. The van der Waals surface area contributed by atoms with Crippen molar-refractivity contribution in [3.63, 3.8) is 0 Å². The Hall–Kier alpha value is -3.56. The van der Waals surface area contributed by atoms with Gasteiger partial charge in [-0.05, 0) is 111 Å². The predicted octanol–water partition coefficient (Wildman–Crippen LogP) is 9.21. The monoisotopic (exact) mass is 718 g/mol. The van der Waals surface area contributed by atoms with Crippen LogP contribution in [0.15, 0.2) is 48.5 Å². The molecule has 0 N–H and O–H groups in total. The number of methoxy groups -OCH3 is 2. The molecular formula is C40H48Cl2N4O4. The van der Waals surface area contributed by atoms with E-state index in [1.165, 1.54) is 38.5 Å². The molecule has 0 radical (unpaired) electrons. The Balaban J connectivity index is 1.15. The molecule has 0 bridgehead atoms. The van der Waals surface area contributed by atoms with E-state index < -0.39 is 0 Å². The number of ether oxygens (including phenoxy) is 4. The van der Waals surface area contributed by atoms with E-state index in [9.17, 15) is 0 Å². The molecule has 2 aliphatic heterocycles. The van der Waals surface area contributed by atoms with Crippen LogP contribution in [-0.4, -0.2) is 60.2 Å². The number of likely N-dealkylation sites (tertiary alicyclic amines) is 2. The molecular weight excluding hydrogens is 671 g/mol. The Morgan fingerprint density at radius 2 is 0.960 bits per heavy atom. The summed E-state index contributed by atoms with van der Waals surface area (Å²) in [6.07, 6.45) is 7.45. The molecule has 0 atom stereocenters. The van der Waals surface area contributed by atoms with E-state index in [4.69, 9.17) is 42.1 Å². The van der Waals surface area contributed by atoms with Gasteiger partial charge in [0.1, 0.15) is 23.3 Å². The van der Waals surface area contributed by atoms with E-state index in [2.05, 4.69) is 70.0 Å². The number of nitrogens with zero attached hydrogens (tertiary/aromatic N) is 4. The van der Waals surface area contributed by atoms with Crippen molar-refractivity contribution < 1.29 is 18.9 Å². The van der Waals surface area contributed by atoms with Gasteiger partial charge in [-0.15, -0.1) is 0 Å². The lowest BCUT2D eigenvalue weighted by Gasteiger charge is -2.27. The van der Waals surface area contributed by atoms with Crippen LogP contribution in [-0.2, 0) is 26.3 Å². The van der Waals surface area contributed by atoms with Gasteiger partial charge in [0.2, 0.25) is 23.5 Å². The van der Waals surface area contributed by atoms with Gasteiger partial charge >= 0.3 is 0 Å². The van der Waals surface area contributed by atoms with Gasteiger partial charge in [-0.25, -0.2) is 0 Å². The fourth-order valence-corrected chi connectivity index (χ4v) is 7.50. The largest absolute Gasteiger partial charge is 0.481 e. The predicted molar refractivity (Wildman–Crippen MR) is 200 cm³/mol. The fourth-order valence-electron chi connectivity index (χ4n) is 7.04. The minimum atomic E-state index is 0.322. The molecule has 50 heavy (non-hydrogen) atoms. The smallest absolute Gasteiger partial charge is 0.236 e. The summed E-state index contributed by atoms with van der Waals surface area (Å²) in [4.78, 5) is 14.2. The Kier molecular flexibility index (Phi) is 12.4. The van der Waals surface area contributed by atoms with Crippen LogP contribution in [0.5, 0.6) is 23.5 Å². The number of aromatic nitrogens is 2. The van der Waals surface area contributed by atoms with E-state index in [0.717, 1.165) is 83.8 Å². The maximum atomic E-state index is 6.70. The van der Waals surface area contributed by atoms with Crippen molar-refractivity contribution in [2.75, 3.05) is 40.4 Å². The number of hydrogen-bond donors (Lipinski definition) is 0. The van der Waals surface area contributed by atoms with Gasteiger partial charge in [0.25, 0.3) is 0 Å². The van der Waals surface area contributed by atoms with Crippen LogP contribution >= 0.6 is 23.2 Å². The van der Waals surface area contributed by atoms with Gasteiger partial charge in [0.05, 0.1) is 14.2 Å². The number of hydrogen-bond acceptors (Lipinski definition) is 8. The van der Waals surface area contributed by atoms with Crippen LogP contribution in [0.4, 0.5) is 0 Å². The van der Waals surface area contributed by atoms with Gasteiger partial charge in [-0.2, -0.15) is 9.97 Å². The van der Waals surface area contributed by atoms with E-state index in [-0.39, 0.29) is 0 Å². The first-order valence-electron chi connectivity index (χ1n) is 17.7. The van der Waals surface area contributed by atoms with Crippen LogP contribution in [0.25, 0.3) is 11.1 Å². The molecule has 8 nitrogen and oxygen atoms in total. The summed E-state index contributed by atoms with van der Waals surface area (Å²) in [5, 5.41) is 0.970. The van der Waals surface area contributed by atoms with Crippen LogP contribution in [0.2, 0.25) is 10.0 Å². The first-order valence-corrected chi connectivity index (χ1v) is 18.4. The second kappa shape index (κ2) is 17.1. The highest BCUT2D eigenvalue weighted by Crippen LogP contribution is 2.35. The number of pyridine rings is 2. The average Bonchev–Trinajstić information content (AvgIpc) is 3.13. The summed E-state index contributed by atoms with van der Waals surface area (Å²) in [6, 6.07) is 16.4. The summed E-state index contributed by atoms with van der Waals surface area (Å²) in [5.41, 5.74) is 8.54. The fraction of sp³-hybridized carbons (Fsp3) is 0.450. The van der Waals surface area contributed by atoms with E-state index in [0.29, 0.717) is 46.8 Å². The normalized spacial score (nSPS) is 15.6. The lowest BCUT2D eigenvalue weighted by atomic mass is 9.92. The summed E-state index contributed by atoms with van der Waals surface area (Å²) in [7, 11) is 3.29. The maximum Gasteiger partial charge on any atom is 0.236 e. The van der Waals surface area contributed by atoms with Gasteiger partial charge in [0, 0.05) is 24.2 Å². The Labute approximate surface area is 306 Å². The SMILES string of the molecule is COc1nc(OCc2cccc(-c3cccc(COc4nc(OC)c(CN5CCCCC5)cc4Cl)c3C)c2C)c(Cl)cc1CN1CCCCC1. The minimum Gasteiger partial charge on any atom is -0.481 e. The van der Waals surface area contributed by atoms with Crippen molar-refractivity contribution >= 4 is 23.2 Å². The minimum absolute atomic E-state index is 0.322. The van der Waals surface area contributed by atoms with Crippen LogP contribution < -0.4 is 18.9 Å². The lowest BCUT2D eigenvalue weighted by molar-refractivity contribution is 0.216. The van der Waals surface area contributed by atoms with E-state index >= 15 is 0 Å². The summed E-state index contributed by atoms with van der Waals surface area (Å²) >= 11 is 13.4. The Morgan fingerprint density at radius 3 is 1.34 bits per heavy atom. The number of rotatable bonds is 13. The maximum absolute atomic E-state index is 6.70. The average molecular weight is 720 g/mol. The third-order valence-electron chi connectivity index (χ3n) is 9.95. The highest BCUT2D eigenvalue weighted by atomic mass is 35.5. The quantitative estimate of drug-likeness (QED) is 0.136. The Bertz CT molecular complexity index is 1640. The molecule has 0 spiro atoms. The van der Waals surface area contributed by atoms with E-state index in [1.807, 2.05) is 12.1 Å². The van der Waals surface area contributed by atoms with Gasteiger partial charge in [0.15, 0.2) is 0 Å². The molecule has 0 unspecified atom stereocenters. The molecule has 2 fully saturated rings. The highest BCUT2D eigenvalue weighted by molar-refractivity contribution is 6.32. The molecule has 0 aliphatic carbocycles. The number of halogens is 2. The third-order valence-corrected chi connectivity index (χ3v) is 10.5. The first kappa shape index (κ1) is 36.2. The van der Waals surface area contributed by atoms with Gasteiger partial charge in [-0.1, -0.05) is 72.4 Å².